The Balaban J connectivity index is 1.77. The van der Waals surface area contributed by atoms with Crippen LogP contribution in [0.3, 0.4) is 0 Å². The fraction of sp³-hybridized carbons (Fsp3) is 0.444. The molecule has 7 heteroatoms. The highest BCUT2D eigenvalue weighted by atomic mass is 28.4. The minimum absolute atomic E-state index is 0.0327. The first-order valence-electron chi connectivity index (χ1n) is 15.4. The molecular formula is C36H50O5Si2. The predicted molar refractivity (Wildman–Crippen MR) is 179 cm³/mol. The van der Waals surface area contributed by atoms with Crippen LogP contribution in [0, 0.1) is 0 Å². The largest absolute Gasteiger partial charge is 0.545 e. The fourth-order valence-corrected chi connectivity index (χ4v) is 7.07. The van der Waals surface area contributed by atoms with Crippen LogP contribution >= 0.6 is 0 Å². The number of rotatable bonds is 13. The zero-order valence-corrected chi connectivity index (χ0v) is 29.3. The van der Waals surface area contributed by atoms with Gasteiger partial charge in [0.2, 0.25) is 8.32 Å². The minimum Gasteiger partial charge on any atom is -0.545 e. The molecule has 0 spiro atoms. The third kappa shape index (κ3) is 9.65. The molecule has 0 bridgehead atoms. The van der Waals surface area contributed by atoms with Crippen molar-refractivity contribution in [1.82, 2.24) is 0 Å². The molecule has 0 aliphatic heterocycles. The van der Waals surface area contributed by atoms with Crippen molar-refractivity contribution in [2.24, 2.45) is 0 Å². The Kier molecular flexibility index (Phi) is 11.1. The lowest BCUT2D eigenvalue weighted by atomic mass is 9.94. The molecule has 0 N–H and O–H groups in total. The van der Waals surface area contributed by atoms with Gasteiger partial charge < -0.3 is 23.1 Å². The first-order valence-corrected chi connectivity index (χ1v) is 21.7. The second kappa shape index (κ2) is 14.4. The Morgan fingerprint density at radius 3 is 1.58 bits per heavy atom. The van der Waals surface area contributed by atoms with Gasteiger partial charge in [-0.05, 0) is 54.5 Å². The summed E-state index contributed by atoms with van der Waals surface area (Å²) in [7, 11) is -4.19. The van der Waals surface area contributed by atoms with Crippen molar-refractivity contribution in [1.29, 1.82) is 0 Å². The van der Waals surface area contributed by atoms with Crippen LogP contribution < -0.4 is 0 Å². The summed E-state index contributed by atoms with van der Waals surface area (Å²) in [4.78, 5) is 0. The Labute approximate surface area is 261 Å². The van der Waals surface area contributed by atoms with Crippen molar-refractivity contribution in [2.75, 3.05) is 0 Å². The summed E-state index contributed by atoms with van der Waals surface area (Å²) in [6.45, 7) is 19.3. The minimum atomic E-state index is -2.18. The van der Waals surface area contributed by atoms with Crippen LogP contribution in [-0.4, -0.2) is 34.9 Å². The molecule has 1 aliphatic rings. The average molecular weight is 619 g/mol. The van der Waals surface area contributed by atoms with Crippen LogP contribution in [-0.2, 0) is 42.9 Å². The number of hydrogen-bond acceptors (Lipinski definition) is 5. The van der Waals surface area contributed by atoms with E-state index in [0.717, 1.165) is 28.2 Å². The van der Waals surface area contributed by atoms with E-state index in [1.807, 2.05) is 54.6 Å². The quantitative estimate of drug-likeness (QED) is 0.179. The topological polar surface area (TPSA) is 46.2 Å². The van der Waals surface area contributed by atoms with Gasteiger partial charge in [-0.15, -0.1) is 0 Å². The van der Waals surface area contributed by atoms with Crippen molar-refractivity contribution >= 4 is 16.6 Å². The van der Waals surface area contributed by atoms with Gasteiger partial charge >= 0.3 is 0 Å². The number of benzene rings is 3. The van der Waals surface area contributed by atoms with Gasteiger partial charge in [0.25, 0.3) is 0 Å². The Morgan fingerprint density at radius 2 is 1.12 bits per heavy atom. The van der Waals surface area contributed by atoms with E-state index in [4.69, 9.17) is 23.1 Å². The van der Waals surface area contributed by atoms with Crippen molar-refractivity contribution in [2.45, 2.75) is 103 Å². The summed E-state index contributed by atoms with van der Waals surface area (Å²) in [5, 5.41) is 0.0327. The molecule has 3 aromatic rings. The fourth-order valence-electron chi connectivity index (χ4n) is 4.82. The van der Waals surface area contributed by atoms with Crippen molar-refractivity contribution in [3.8, 4) is 0 Å². The summed E-state index contributed by atoms with van der Waals surface area (Å²) in [5.41, 5.74) is 3.28. The lowest BCUT2D eigenvalue weighted by Gasteiger charge is -2.46. The van der Waals surface area contributed by atoms with Crippen LogP contribution in [0.25, 0.3) is 0 Å². The maximum Gasteiger partial charge on any atom is 0.241 e. The molecule has 232 valence electrons. The Morgan fingerprint density at radius 1 is 0.651 bits per heavy atom. The monoisotopic (exact) mass is 618 g/mol. The van der Waals surface area contributed by atoms with E-state index in [0.29, 0.717) is 26.2 Å². The summed E-state index contributed by atoms with van der Waals surface area (Å²) in [6.07, 6.45) is -0.577. The van der Waals surface area contributed by atoms with Crippen molar-refractivity contribution in [3.05, 3.63) is 119 Å². The molecule has 0 aromatic heterocycles. The molecule has 43 heavy (non-hydrogen) atoms. The molecule has 5 nitrogen and oxygen atoms in total. The van der Waals surface area contributed by atoms with E-state index in [-0.39, 0.29) is 11.1 Å². The molecule has 4 rings (SSSR count). The van der Waals surface area contributed by atoms with E-state index >= 15 is 0 Å². The highest BCUT2D eigenvalue weighted by Gasteiger charge is 2.48. The van der Waals surface area contributed by atoms with E-state index in [1.165, 1.54) is 0 Å². The molecule has 0 fully saturated rings. The molecule has 0 saturated heterocycles. The normalized spacial score (nSPS) is 19.8. The van der Waals surface area contributed by atoms with Gasteiger partial charge in [-0.25, -0.2) is 0 Å². The van der Waals surface area contributed by atoms with Gasteiger partial charge in [0.1, 0.15) is 24.6 Å². The summed E-state index contributed by atoms with van der Waals surface area (Å²) in [6, 6.07) is 30.8. The second-order valence-corrected chi connectivity index (χ2v) is 23.1. The van der Waals surface area contributed by atoms with Crippen molar-refractivity contribution in [3.63, 3.8) is 0 Å². The molecule has 3 aromatic carbocycles. The molecule has 1 aliphatic carbocycles. The van der Waals surface area contributed by atoms with Gasteiger partial charge in [0.15, 0.2) is 14.1 Å². The average Bonchev–Trinajstić information content (AvgIpc) is 2.95. The summed E-state index contributed by atoms with van der Waals surface area (Å²) < 4.78 is 34.3. The molecule has 0 unspecified atom stereocenters. The molecule has 0 heterocycles. The highest BCUT2D eigenvalue weighted by Crippen LogP contribution is 2.42. The SMILES string of the molecule is CC(C)(C)[Si](C)(C)O[C@H]1CC(O[Si](C)(C)C)=C(OCc2ccccc2)[C@H](OCc2ccccc2)[C@H]1OCc1ccccc1. The van der Waals surface area contributed by atoms with Crippen LogP contribution in [0.2, 0.25) is 37.8 Å². The molecule has 3 atom stereocenters. The van der Waals surface area contributed by atoms with Gasteiger partial charge in [-0.3, -0.25) is 0 Å². The molecule has 0 amide bonds. The van der Waals surface area contributed by atoms with Gasteiger partial charge in [-0.1, -0.05) is 112 Å². The Bertz CT molecular complexity index is 1300. The van der Waals surface area contributed by atoms with Crippen LogP contribution in [0.15, 0.2) is 103 Å². The molecule has 0 saturated carbocycles. The standard InChI is InChI=1S/C36H50O5Si2/c1-36(2,3)43(7,8)41-32-24-31(40-42(4,5)6)33(37-25-28-18-12-9-13-19-28)35(39-27-30-22-16-11-17-23-30)34(32)38-26-29-20-14-10-15-21-29/h9-23,32,34-35H,24-27H2,1-8H3/t32-,34-,35-/m0/s1. The van der Waals surface area contributed by atoms with Crippen molar-refractivity contribution < 1.29 is 23.1 Å². The third-order valence-corrected chi connectivity index (χ3v) is 13.4. The zero-order chi connectivity index (χ0) is 31.1. The highest BCUT2D eigenvalue weighted by molar-refractivity contribution is 6.74. The first-order chi connectivity index (χ1) is 20.3. The lowest BCUT2D eigenvalue weighted by Crippen LogP contribution is -2.54. The van der Waals surface area contributed by atoms with Crippen LogP contribution in [0.5, 0.6) is 0 Å². The van der Waals surface area contributed by atoms with E-state index in [2.05, 4.69) is 89.9 Å². The van der Waals surface area contributed by atoms with Crippen LogP contribution in [0.1, 0.15) is 43.9 Å². The maximum absolute atomic E-state index is 7.16. The third-order valence-electron chi connectivity index (χ3n) is 8.06. The van der Waals surface area contributed by atoms with E-state index < -0.39 is 28.8 Å². The van der Waals surface area contributed by atoms with Gasteiger partial charge in [-0.2, -0.15) is 0 Å². The Hall–Kier alpha value is -2.69. The van der Waals surface area contributed by atoms with Crippen LogP contribution in [0.4, 0.5) is 0 Å². The number of hydrogen-bond donors (Lipinski definition) is 0. The number of ether oxygens (including phenoxy) is 3. The first kappa shape index (κ1) is 33.2. The van der Waals surface area contributed by atoms with E-state index in [9.17, 15) is 0 Å². The molecular weight excluding hydrogens is 569 g/mol. The van der Waals surface area contributed by atoms with Gasteiger partial charge in [0, 0.05) is 6.42 Å². The maximum atomic E-state index is 7.16. The lowest BCUT2D eigenvalue weighted by molar-refractivity contribution is -0.142. The smallest absolute Gasteiger partial charge is 0.241 e. The van der Waals surface area contributed by atoms with E-state index in [1.54, 1.807) is 0 Å². The molecule has 0 radical (unpaired) electrons. The predicted octanol–water partition coefficient (Wildman–Crippen LogP) is 9.23. The summed E-state index contributed by atoms with van der Waals surface area (Å²) >= 11 is 0. The summed E-state index contributed by atoms with van der Waals surface area (Å²) in [5.74, 6) is 1.55. The second-order valence-electron chi connectivity index (χ2n) is 13.9. The van der Waals surface area contributed by atoms with Gasteiger partial charge in [0.05, 0.1) is 19.3 Å². The zero-order valence-electron chi connectivity index (χ0n) is 27.3.